The second-order valence-corrected chi connectivity index (χ2v) is 4.50. The van der Waals surface area contributed by atoms with Crippen molar-refractivity contribution >= 4 is 0 Å². The summed E-state index contributed by atoms with van der Waals surface area (Å²) in [5.74, 6) is 0.808. The number of methoxy groups -OCH3 is 1. The molecule has 1 aliphatic rings. The second-order valence-electron chi connectivity index (χ2n) is 4.50. The van der Waals surface area contributed by atoms with Gasteiger partial charge < -0.3 is 9.84 Å². The largest absolute Gasteiger partial charge is 0.390 e. The summed E-state index contributed by atoms with van der Waals surface area (Å²) in [6.07, 6.45) is 6.23. The first kappa shape index (κ1) is 11.0. The lowest BCUT2D eigenvalue weighted by Gasteiger charge is -2.34. The van der Waals surface area contributed by atoms with Gasteiger partial charge in [0.15, 0.2) is 0 Å². The molecule has 0 aromatic carbocycles. The van der Waals surface area contributed by atoms with Crippen molar-refractivity contribution in [1.82, 2.24) is 0 Å². The molecule has 2 nitrogen and oxygen atoms in total. The molecule has 0 spiro atoms. The van der Waals surface area contributed by atoms with E-state index in [2.05, 4.69) is 6.92 Å². The third kappa shape index (κ3) is 3.65. The van der Waals surface area contributed by atoms with E-state index in [0.29, 0.717) is 0 Å². The Morgan fingerprint density at radius 2 is 2.00 bits per heavy atom. The Hall–Kier alpha value is -0.0800. The first-order valence-corrected chi connectivity index (χ1v) is 5.38. The number of rotatable bonds is 4. The molecule has 2 heteroatoms. The standard InChI is InChI=1S/C11H22O2/c1-10-4-7-11(12,8-5-10)6-3-9-13-2/h10,12H,3-9H2,1-2H3. The monoisotopic (exact) mass is 186 g/mol. The van der Waals surface area contributed by atoms with Crippen molar-refractivity contribution < 1.29 is 9.84 Å². The van der Waals surface area contributed by atoms with Gasteiger partial charge in [-0.25, -0.2) is 0 Å². The summed E-state index contributed by atoms with van der Waals surface area (Å²) in [5.41, 5.74) is -0.370. The predicted octanol–water partition coefficient (Wildman–Crippen LogP) is 2.35. The first-order valence-electron chi connectivity index (χ1n) is 5.38. The molecule has 0 heterocycles. The maximum atomic E-state index is 10.2. The third-order valence-electron chi connectivity index (χ3n) is 3.20. The quantitative estimate of drug-likeness (QED) is 0.683. The van der Waals surface area contributed by atoms with Gasteiger partial charge in [0.05, 0.1) is 5.60 Å². The zero-order chi connectivity index (χ0) is 9.73. The molecule has 1 aliphatic carbocycles. The Bertz CT molecular complexity index is 137. The molecule has 0 atom stereocenters. The maximum absolute atomic E-state index is 10.2. The number of aliphatic hydroxyl groups is 1. The molecule has 0 aromatic heterocycles. The van der Waals surface area contributed by atoms with Gasteiger partial charge in [0, 0.05) is 13.7 Å². The number of hydrogen-bond acceptors (Lipinski definition) is 2. The van der Waals surface area contributed by atoms with E-state index in [1.807, 2.05) is 0 Å². The first-order chi connectivity index (χ1) is 6.16. The van der Waals surface area contributed by atoms with Crippen molar-refractivity contribution in [3.8, 4) is 0 Å². The van der Waals surface area contributed by atoms with Crippen molar-refractivity contribution in [1.29, 1.82) is 0 Å². The summed E-state index contributed by atoms with van der Waals surface area (Å²) in [7, 11) is 1.72. The molecule has 0 bridgehead atoms. The third-order valence-corrected chi connectivity index (χ3v) is 3.20. The van der Waals surface area contributed by atoms with Crippen LogP contribution >= 0.6 is 0 Å². The van der Waals surface area contributed by atoms with Crippen LogP contribution in [0.4, 0.5) is 0 Å². The maximum Gasteiger partial charge on any atom is 0.0648 e. The zero-order valence-corrected chi connectivity index (χ0v) is 8.88. The fourth-order valence-corrected chi connectivity index (χ4v) is 2.10. The van der Waals surface area contributed by atoms with Crippen molar-refractivity contribution in [2.24, 2.45) is 5.92 Å². The smallest absolute Gasteiger partial charge is 0.0648 e. The fourth-order valence-electron chi connectivity index (χ4n) is 2.10. The lowest BCUT2D eigenvalue weighted by atomic mass is 9.77. The Labute approximate surface area is 81.3 Å². The average molecular weight is 186 g/mol. The summed E-state index contributed by atoms with van der Waals surface area (Å²) < 4.78 is 4.99. The van der Waals surface area contributed by atoms with Crippen molar-refractivity contribution in [3.05, 3.63) is 0 Å². The van der Waals surface area contributed by atoms with Gasteiger partial charge in [0.2, 0.25) is 0 Å². The molecule has 1 N–H and O–H groups in total. The topological polar surface area (TPSA) is 29.5 Å². The molecule has 13 heavy (non-hydrogen) atoms. The highest BCUT2D eigenvalue weighted by Gasteiger charge is 2.30. The minimum Gasteiger partial charge on any atom is -0.390 e. The van der Waals surface area contributed by atoms with Gasteiger partial charge in [-0.1, -0.05) is 6.92 Å². The molecule has 1 rings (SSSR count). The van der Waals surface area contributed by atoms with Gasteiger partial charge in [-0.2, -0.15) is 0 Å². The van der Waals surface area contributed by atoms with Crippen LogP contribution in [0.25, 0.3) is 0 Å². The van der Waals surface area contributed by atoms with E-state index in [4.69, 9.17) is 4.74 Å². The Balaban J connectivity index is 2.22. The van der Waals surface area contributed by atoms with Crippen molar-refractivity contribution in [2.75, 3.05) is 13.7 Å². The molecule has 0 radical (unpaired) electrons. The molecular formula is C11H22O2. The fraction of sp³-hybridized carbons (Fsp3) is 1.00. The van der Waals surface area contributed by atoms with Crippen LogP contribution in [0.3, 0.4) is 0 Å². The lowest BCUT2D eigenvalue weighted by molar-refractivity contribution is -0.0202. The van der Waals surface area contributed by atoms with Gasteiger partial charge in [0.1, 0.15) is 0 Å². The van der Waals surface area contributed by atoms with Gasteiger partial charge in [-0.05, 0) is 44.4 Å². The highest BCUT2D eigenvalue weighted by Crippen LogP contribution is 2.34. The van der Waals surface area contributed by atoms with E-state index in [1.165, 1.54) is 12.8 Å². The van der Waals surface area contributed by atoms with Crippen LogP contribution in [0.5, 0.6) is 0 Å². The molecule has 0 aromatic rings. The molecule has 1 fully saturated rings. The zero-order valence-electron chi connectivity index (χ0n) is 8.88. The summed E-state index contributed by atoms with van der Waals surface area (Å²) >= 11 is 0. The SMILES string of the molecule is COCCCC1(O)CCC(C)CC1. The minimum atomic E-state index is -0.370. The Kier molecular flexibility index (Phi) is 4.20. The van der Waals surface area contributed by atoms with Gasteiger partial charge in [-0.15, -0.1) is 0 Å². The van der Waals surface area contributed by atoms with Crippen LogP contribution in [0, 0.1) is 5.92 Å². The second kappa shape index (κ2) is 4.97. The Morgan fingerprint density at radius 1 is 1.38 bits per heavy atom. The highest BCUT2D eigenvalue weighted by atomic mass is 16.5. The minimum absolute atomic E-state index is 0.370. The van der Waals surface area contributed by atoms with E-state index < -0.39 is 0 Å². The molecule has 0 unspecified atom stereocenters. The van der Waals surface area contributed by atoms with E-state index >= 15 is 0 Å². The molecule has 0 aliphatic heterocycles. The van der Waals surface area contributed by atoms with Crippen molar-refractivity contribution in [2.45, 2.75) is 51.0 Å². The van der Waals surface area contributed by atoms with Gasteiger partial charge in [0.25, 0.3) is 0 Å². The summed E-state index contributed by atoms with van der Waals surface area (Å²) in [6, 6.07) is 0. The lowest BCUT2D eigenvalue weighted by Crippen LogP contribution is -2.33. The van der Waals surface area contributed by atoms with E-state index in [1.54, 1.807) is 7.11 Å². The molecule has 0 amide bonds. The van der Waals surface area contributed by atoms with Gasteiger partial charge in [-0.3, -0.25) is 0 Å². The van der Waals surface area contributed by atoms with Crippen LogP contribution in [0.1, 0.15) is 45.4 Å². The van der Waals surface area contributed by atoms with Crippen LogP contribution in [-0.2, 0) is 4.74 Å². The van der Waals surface area contributed by atoms with Crippen molar-refractivity contribution in [3.63, 3.8) is 0 Å². The normalized spacial score (nSPS) is 34.8. The molecule has 0 saturated heterocycles. The number of ether oxygens (including phenoxy) is 1. The van der Waals surface area contributed by atoms with Crippen LogP contribution < -0.4 is 0 Å². The Morgan fingerprint density at radius 3 is 2.54 bits per heavy atom. The summed E-state index contributed by atoms with van der Waals surface area (Å²) in [5, 5.41) is 10.2. The molecule has 1 saturated carbocycles. The molecule has 78 valence electrons. The summed E-state index contributed by atoms with van der Waals surface area (Å²) in [6.45, 7) is 3.05. The van der Waals surface area contributed by atoms with Crippen LogP contribution in [0.2, 0.25) is 0 Å². The average Bonchev–Trinajstić information content (AvgIpc) is 2.12. The predicted molar refractivity (Wildman–Crippen MR) is 53.7 cm³/mol. The van der Waals surface area contributed by atoms with Crippen LogP contribution in [0.15, 0.2) is 0 Å². The summed E-state index contributed by atoms with van der Waals surface area (Å²) in [4.78, 5) is 0. The van der Waals surface area contributed by atoms with E-state index in [-0.39, 0.29) is 5.60 Å². The molecular weight excluding hydrogens is 164 g/mol. The van der Waals surface area contributed by atoms with E-state index in [0.717, 1.165) is 38.2 Å². The van der Waals surface area contributed by atoms with Crippen LogP contribution in [-0.4, -0.2) is 24.4 Å². The number of hydrogen-bond donors (Lipinski definition) is 1. The van der Waals surface area contributed by atoms with Gasteiger partial charge >= 0.3 is 0 Å². The highest BCUT2D eigenvalue weighted by molar-refractivity contribution is 4.84. The van der Waals surface area contributed by atoms with E-state index in [9.17, 15) is 5.11 Å².